The van der Waals surface area contributed by atoms with Crippen molar-refractivity contribution in [1.82, 2.24) is 9.88 Å². The largest absolute Gasteiger partial charge is 0.358 e. The van der Waals surface area contributed by atoms with Crippen LogP contribution in [0.25, 0.3) is 10.9 Å². The molecule has 1 aromatic heterocycles. The molecule has 1 saturated heterocycles. The Bertz CT molecular complexity index is 555. The molecule has 2 nitrogen and oxygen atoms in total. The number of benzene rings is 1. The third kappa shape index (κ3) is 1.37. The Hall–Kier alpha value is -1.28. The molecule has 0 amide bonds. The summed E-state index contributed by atoms with van der Waals surface area (Å²) in [6.07, 6.45) is 5.31. The van der Waals surface area contributed by atoms with Crippen LogP contribution in [0.5, 0.6) is 0 Å². The Morgan fingerprint density at radius 1 is 1.12 bits per heavy atom. The zero-order valence-electron chi connectivity index (χ0n) is 10.1. The topological polar surface area (TPSA) is 19.0 Å². The highest BCUT2D eigenvalue weighted by Gasteiger charge is 2.31. The molecule has 0 aliphatic carbocycles. The van der Waals surface area contributed by atoms with Gasteiger partial charge in [-0.2, -0.15) is 0 Å². The molecule has 0 spiro atoms. The fourth-order valence-corrected chi connectivity index (χ4v) is 3.64. The van der Waals surface area contributed by atoms with E-state index in [0.717, 1.165) is 0 Å². The van der Waals surface area contributed by atoms with Crippen molar-refractivity contribution in [2.45, 2.75) is 31.7 Å². The van der Waals surface area contributed by atoms with Gasteiger partial charge in [0.2, 0.25) is 0 Å². The second-order valence-corrected chi connectivity index (χ2v) is 5.36. The van der Waals surface area contributed by atoms with E-state index in [0.29, 0.717) is 6.04 Å². The van der Waals surface area contributed by atoms with Crippen LogP contribution in [0.3, 0.4) is 0 Å². The van der Waals surface area contributed by atoms with Crippen molar-refractivity contribution in [3.05, 3.63) is 35.5 Å². The third-order valence-electron chi connectivity index (χ3n) is 4.42. The number of piperidine rings is 1. The van der Waals surface area contributed by atoms with Crippen molar-refractivity contribution >= 4 is 10.9 Å². The normalized spacial score (nSPS) is 24.6. The SMILES string of the molecule is c1ccc2c3c([nH]c2c1)CCN1CCCCC31. The number of rotatable bonds is 0. The number of aromatic amines is 1. The van der Waals surface area contributed by atoms with Crippen LogP contribution in [0.15, 0.2) is 24.3 Å². The molecule has 0 radical (unpaired) electrons. The third-order valence-corrected chi connectivity index (χ3v) is 4.42. The maximum atomic E-state index is 3.62. The highest BCUT2D eigenvalue weighted by atomic mass is 15.2. The Kier molecular flexibility index (Phi) is 2.06. The predicted molar refractivity (Wildman–Crippen MR) is 70.2 cm³/mol. The minimum absolute atomic E-state index is 0.684. The highest BCUT2D eigenvalue weighted by molar-refractivity contribution is 5.85. The number of aromatic nitrogens is 1. The number of hydrogen-bond donors (Lipinski definition) is 1. The van der Waals surface area contributed by atoms with E-state index < -0.39 is 0 Å². The summed E-state index contributed by atoms with van der Waals surface area (Å²) < 4.78 is 0. The zero-order valence-corrected chi connectivity index (χ0v) is 10.1. The fraction of sp³-hybridized carbons (Fsp3) is 0.467. The van der Waals surface area contributed by atoms with Gasteiger partial charge in [-0.1, -0.05) is 24.6 Å². The molecular weight excluding hydrogens is 208 g/mol. The van der Waals surface area contributed by atoms with Gasteiger partial charge in [-0.15, -0.1) is 0 Å². The van der Waals surface area contributed by atoms with Gasteiger partial charge in [0.25, 0.3) is 0 Å². The van der Waals surface area contributed by atoms with Gasteiger partial charge < -0.3 is 4.98 Å². The summed E-state index contributed by atoms with van der Waals surface area (Å²) in [5.74, 6) is 0. The van der Waals surface area contributed by atoms with Crippen molar-refractivity contribution in [2.75, 3.05) is 13.1 Å². The molecule has 1 fully saturated rings. The number of nitrogens with one attached hydrogen (secondary N) is 1. The lowest BCUT2D eigenvalue weighted by atomic mass is 9.89. The van der Waals surface area contributed by atoms with Crippen LogP contribution in [-0.2, 0) is 6.42 Å². The van der Waals surface area contributed by atoms with Crippen LogP contribution in [0.4, 0.5) is 0 Å². The van der Waals surface area contributed by atoms with Gasteiger partial charge in [0, 0.05) is 35.6 Å². The number of fused-ring (bicyclic) bond motifs is 5. The average Bonchev–Trinajstić information content (AvgIpc) is 2.77. The Balaban J connectivity index is 1.92. The smallest absolute Gasteiger partial charge is 0.0459 e. The Morgan fingerprint density at radius 2 is 2.06 bits per heavy atom. The van der Waals surface area contributed by atoms with Gasteiger partial charge in [0.05, 0.1) is 0 Å². The molecule has 1 aromatic carbocycles. The standard InChI is InChI=1S/C15H18N2/c1-2-6-12-11(5-1)15-13(16-12)8-10-17-9-4-3-7-14(15)17/h1-2,5-6,14,16H,3-4,7-10H2. The molecule has 2 heteroatoms. The van der Waals surface area contributed by atoms with Gasteiger partial charge in [-0.25, -0.2) is 0 Å². The van der Waals surface area contributed by atoms with Crippen LogP contribution in [-0.4, -0.2) is 23.0 Å². The molecular formula is C15H18N2. The van der Waals surface area contributed by atoms with Crippen LogP contribution in [0.2, 0.25) is 0 Å². The monoisotopic (exact) mass is 226 g/mol. The molecule has 2 aliphatic rings. The zero-order chi connectivity index (χ0) is 11.2. The van der Waals surface area contributed by atoms with Gasteiger partial charge in [-0.3, -0.25) is 4.90 Å². The van der Waals surface area contributed by atoms with Gasteiger partial charge in [-0.05, 0) is 31.0 Å². The lowest BCUT2D eigenvalue weighted by Gasteiger charge is -2.39. The van der Waals surface area contributed by atoms with E-state index in [2.05, 4.69) is 34.1 Å². The second-order valence-electron chi connectivity index (χ2n) is 5.36. The molecule has 1 atom stereocenters. The Morgan fingerprint density at radius 3 is 3.06 bits per heavy atom. The highest BCUT2D eigenvalue weighted by Crippen LogP contribution is 2.40. The Labute approximate surface area is 102 Å². The van der Waals surface area contributed by atoms with E-state index in [1.165, 1.54) is 55.4 Å². The summed E-state index contributed by atoms with van der Waals surface area (Å²) in [5.41, 5.74) is 4.42. The lowest BCUT2D eigenvalue weighted by Crippen LogP contribution is -2.38. The first-order chi connectivity index (χ1) is 8.43. The van der Waals surface area contributed by atoms with Crippen molar-refractivity contribution in [2.24, 2.45) is 0 Å². The number of hydrogen-bond acceptors (Lipinski definition) is 1. The summed E-state index contributed by atoms with van der Waals surface area (Å²) in [6.45, 7) is 2.54. The molecule has 4 rings (SSSR count). The molecule has 1 unspecified atom stereocenters. The van der Waals surface area contributed by atoms with Crippen molar-refractivity contribution in [3.8, 4) is 0 Å². The minimum Gasteiger partial charge on any atom is -0.358 e. The van der Waals surface area contributed by atoms with E-state index in [1.807, 2.05) is 0 Å². The fourth-order valence-electron chi connectivity index (χ4n) is 3.64. The van der Waals surface area contributed by atoms with Crippen LogP contribution in [0, 0.1) is 0 Å². The van der Waals surface area contributed by atoms with E-state index in [4.69, 9.17) is 0 Å². The van der Waals surface area contributed by atoms with Crippen molar-refractivity contribution in [3.63, 3.8) is 0 Å². The van der Waals surface area contributed by atoms with E-state index >= 15 is 0 Å². The quantitative estimate of drug-likeness (QED) is 0.730. The van der Waals surface area contributed by atoms with E-state index in [9.17, 15) is 0 Å². The molecule has 88 valence electrons. The summed E-state index contributed by atoms with van der Waals surface area (Å²) in [7, 11) is 0. The summed E-state index contributed by atoms with van der Waals surface area (Å²) in [4.78, 5) is 6.31. The van der Waals surface area contributed by atoms with E-state index in [-0.39, 0.29) is 0 Å². The van der Waals surface area contributed by atoms with Gasteiger partial charge in [0.15, 0.2) is 0 Å². The molecule has 2 aromatic rings. The summed E-state index contributed by atoms with van der Waals surface area (Å²) in [6, 6.07) is 9.47. The average molecular weight is 226 g/mol. The first kappa shape index (κ1) is 9.72. The minimum atomic E-state index is 0.684. The van der Waals surface area contributed by atoms with Crippen molar-refractivity contribution < 1.29 is 0 Å². The molecule has 0 bridgehead atoms. The maximum Gasteiger partial charge on any atom is 0.0459 e. The first-order valence-corrected chi connectivity index (χ1v) is 6.77. The maximum absolute atomic E-state index is 3.62. The number of H-pyrrole nitrogens is 1. The van der Waals surface area contributed by atoms with Crippen LogP contribution >= 0.6 is 0 Å². The molecule has 17 heavy (non-hydrogen) atoms. The lowest BCUT2D eigenvalue weighted by molar-refractivity contribution is 0.139. The predicted octanol–water partition coefficient (Wildman–Crippen LogP) is 3.25. The summed E-state index contributed by atoms with van der Waals surface area (Å²) in [5, 5.41) is 1.46. The molecule has 1 N–H and O–H groups in total. The summed E-state index contributed by atoms with van der Waals surface area (Å²) >= 11 is 0. The number of nitrogens with zero attached hydrogens (tertiary/aromatic N) is 1. The van der Waals surface area contributed by atoms with Crippen LogP contribution in [0.1, 0.15) is 36.6 Å². The second kappa shape index (κ2) is 3.61. The van der Waals surface area contributed by atoms with Crippen LogP contribution < -0.4 is 0 Å². The molecule has 2 aliphatic heterocycles. The first-order valence-electron chi connectivity index (χ1n) is 6.77. The van der Waals surface area contributed by atoms with Gasteiger partial charge >= 0.3 is 0 Å². The molecule has 0 saturated carbocycles. The van der Waals surface area contributed by atoms with Gasteiger partial charge in [0.1, 0.15) is 0 Å². The van der Waals surface area contributed by atoms with E-state index in [1.54, 1.807) is 5.56 Å². The molecule has 3 heterocycles. The van der Waals surface area contributed by atoms with Crippen molar-refractivity contribution in [1.29, 1.82) is 0 Å². The number of para-hydroxylation sites is 1.